The number of rotatable bonds is 4. The zero-order valence-electron chi connectivity index (χ0n) is 14.9. The number of methoxy groups -OCH3 is 2. The summed E-state index contributed by atoms with van der Waals surface area (Å²) in [5.74, 6) is 1.15. The third-order valence-electron chi connectivity index (χ3n) is 4.80. The molecule has 3 N–H and O–H groups in total. The van der Waals surface area contributed by atoms with E-state index >= 15 is 0 Å². The van der Waals surface area contributed by atoms with E-state index in [0.717, 1.165) is 36.1 Å². The number of hydrogen-bond acceptors (Lipinski definition) is 4. The summed E-state index contributed by atoms with van der Waals surface area (Å²) in [7, 11) is 3.18. The van der Waals surface area contributed by atoms with Crippen LogP contribution in [0, 0.1) is 6.92 Å². The van der Waals surface area contributed by atoms with Crippen LogP contribution in [0.3, 0.4) is 0 Å². The first-order valence-corrected chi connectivity index (χ1v) is 8.45. The number of nitrogen functional groups attached to an aromatic ring is 1. The zero-order chi connectivity index (χ0) is 18.0. The van der Waals surface area contributed by atoms with Gasteiger partial charge in [0.05, 0.1) is 20.3 Å². The molecule has 0 saturated heterocycles. The Morgan fingerprint density at radius 1 is 1.16 bits per heavy atom. The number of anilines is 1. The highest BCUT2D eigenvalue weighted by Crippen LogP contribution is 2.33. The number of fused-ring (bicyclic) bond motifs is 1. The van der Waals surface area contributed by atoms with E-state index in [2.05, 4.69) is 5.32 Å². The molecule has 5 nitrogen and oxygen atoms in total. The van der Waals surface area contributed by atoms with E-state index in [1.165, 1.54) is 5.56 Å². The lowest BCUT2D eigenvalue weighted by Crippen LogP contribution is -2.31. The molecule has 0 fully saturated rings. The van der Waals surface area contributed by atoms with E-state index in [9.17, 15) is 4.79 Å². The van der Waals surface area contributed by atoms with Gasteiger partial charge in [0.2, 0.25) is 0 Å². The van der Waals surface area contributed by atoms with E-state index in [1.54, 1.807) is 26.4 Å². The molecule has 0 saturated carbocycles. The lowest BCUT2D eigenvalue weighted by Gasteiger charge is -2.27. The van der Waals surface area contributed by atoms with Crippen LogP contribution in [0.25, 0.3) is 0 Å². The number of nitrogens with one attached hydrogen (secondary N) is 1. The number of carbonyl (C=O) groups is 1. The van der Waals surface area contributed by atoms with Gasteiger partial charge < -0.3 is 20.5 Å². The molecule has 0 radical (unpaired) electrons. The van der Waals surface area contributed by atoms with Crippen molar-refractivity contribution in [1.82, 2.24) is 5.32 Å². The molecular weight excluding hydrogens is 316 g/mol. The average Bonchev–Trinajstić information content (AvgIpc) is 2.61. The number of ether oxygens (including phenoxy) is 2. The lowest BCUT2D eigenvalue weighted by atomic mass is 9.87. The predicted molar refractivity (Wildman–Crippen MR) is 98.3 cm³/mol. The largest absolute Gasteiger partial charge is 0.496 e. The average molecular weight is 340 g/mol. The Balaban J connectivity index is 1.87. The number of carbonyl (C=O) groups excluding carboxylic acids is 1. The Labute approximate surface area is 148 Å². The molecule has 1 atom stereocenters. The van der Waals surface area contributed by atoms with Crippen molar-refractivity contribution in [2.45, 2.75) is 32.2 Å². The summed E-state index contributed by atoms with van der Waals surface area (Å²) in [5.41, 5.74) is 10.4. The van der Waals surface area contributed by atoms with E-state index in [-0.39, 0.29) is 11.9 Å². The predicted octanol–water partition coefficient (Wildman–Crippen LogP) is 3.40. The highest BCUT2D eigenvalue weighted by atomic mass is 16.5. The Hall–Kier alpha value is -2.69. The third kappa shape index (κ3) is 3.40. The molecule has 0 bridgehead atoms. The monoisotopic (exact) mass is 340 g/mol. The molecule has 1 amide bonds. The van der Waals surface area contributed by atoms with Gasteiger partial charge in [-0.25, -0.2) is 0 Å². The van der Waals surface area contributed by atoms with Crippen molar-refractivity contribution >= 4 is 11.6 Å². The molecule has 1 aliphatic carbocycles. The zero-order valence-corrected chi connectivity index (χ0v) is 14.9. The van der Waals surface area contributed by atoms with Crippen LogP contribution >= 0.6 is 0 Å². The first-order valence-electron chi connectivity index (χ1n) is 8.45. The summed E-state index contributed by atoms with van der Waals surface area (Å²) in [5, 5.41) is 3.14. The normalized spacial score (nSPS) is 16.0. The van der Waals surface area contributed by atoms with Gasteiger partial charge in [0.1, 0.15) is 11.5 Å². The summed E-state index contributed by atoms with van der Waals surface area (Å²) >= 11 is 0. The van der Waals surface area contributed by atoms with Gasteiger partial charge in [-0.15, -0.1) is 0 Å². The van der Waals surface area contributed by atoms with Crippen LogP contribution in [0.1, 0.15) is 45.9 Å². The summed E-state index contributed by atoms with van der Waals surface area (Å²) in [6.45, 7) is 1.90. The second-order valence-corrected chi connectivity index (χ2v) is 6.38. The second-order valence-electron chi connectivity index (χ2n) is 6.38. The maximum atomic E-state index is 12.8. The molecule has 0 heterocycles. The second kappa shape index (κ2) is 7.05. The standard InChI is InChI=1S/C20H24N2O3/c1-12-18(24-2)10-14(11-19(12)25-3)20(23)22-17-6-4-5-13-9-15(21)7-8-16(13)17/h7-11,17H,4-6,21H2,1-3H3,(H,22,23). The van der Waals surface area contributed by atoms with Gasteiger partial charge in [-0.2, -0.15) is 0 Å². The van der Waals surface area contributed by atoms with Crippen molar-refractivity contribution in [2.75, 3.05) is 20.0 Å². The molecule has 0 aliphatic heterocycles. The SMILES string of the molecule is COc1cc(C(=O)NC2CCCc3cc(N)ccc32)cc(OC)c1C. The molecule has 25 heavy (non-hydrogen) atoms. The maximum absolute atomic E-state index is 12.8. The van der Waals surface area contributed by atoms with Gasteiger partial charge in [-0.05, 0) is 61.6 Å². The number of nitrogens with two attached hydrogens (primary N) is 1. The Morgan fingerprint density at radius 2 is 1.84 bits per heavy atom. The van der Waals surface area contributed by atoms with E-state index in [4.69, 9.17) is 15.2 Å². The molecule has 1 aliphatic rings. The molecule has 5 heteroatoms. The van der Waals surface area contributed by atoms with Crippen LogP contribution < -0.4 is 20.5 Å². The summed E-state index contributed by atoms with van der Waals surface area (Å²) in [6, 6.07) is 9.41. The number of amides is 1. The van der Waals surface area contributed by atoms with Crippen LogP contribution in [0.2, 0.25) is 0 Å². The van der Waals surface area contributed by atoms with E-state index in [1.807, 2.05) is 25.1 Å². The number of hydrogen-bond donors (Lipinski definition) is 2. The first kappa shape index (κ1) is 17.1. The van der Waals surface area contributed by atoms with Gasteiger partial charge >= 0.3 is 0 Å². The molecule has 3 rings (SSSR count). The highest BCUT2D eigenvalue weighted by Gasteiger charge is 2.23. The number of benzene rings is 2. The molecule has 2 aromatic rings. The van der Waals surface area contributed by atoms with Gasteiger partial charge in [-0.3, -0.25) is 4.79 Å². The summed E-state index contributed by atoms with van der Waals surface area (Å²) in [4.78, 5) is 12.8. The van der Waals surface area contributed by atoms with Crippen LogP contribution in [-0.4, -0.2) is 20.1 Å². The molecule has 1 unspecified atom stereocenters. The summed E-state index contributed by atoms with van der Waals surface area (Å²) in [6.07, 6.45) is 2.95. The van der Waals surface area contributed by atoms with Crippen molar-refractivity contribution in [2.24, 2.45) is 0 Å². The van der Waals surface area contributed by atoms with Gasteiger partial charge in [-0.1, -0.05) is 6.07 Å². The fourth-order valence-electron chi connectivity index (χ4n) is 3.44. The van der Waals surface area contributed by atoms with Crippen molar-refractivity contribution in [3.63, 3.8) is 0 Å². The molecular formula is C20H24N2O3. The fourth-order valence-corrected chi connectivity index (χ4v) is 3.44. The van der Waals surface area contributed by atoms with Crippen LogP contribution in [0.4, 0.5) is 5.69 Å². The minimum Gasteiger partial charge on any atom is -0.496 e. The van der Waals surface area contributed by atoms with Gasteiger partial charge in [0.15, 0.2) is 0 Å². The summed E-state index contributed by atoms with van der Waals surface area (Å²) < 4.78 is 10.7. The van der Waals surface area contributed by atoms with Crippen LogP contribution in [-0.2, 0) is 6.42 Å². The van der Waals surface area contributed by atoms with E-state index < -0.39 is 0 Å². The Morgan fingerprint density at radius 3 is 2.48 bits per heavy atom. The van der Waals surface area contributed by atoms with Gasteiger partial charge in [0, 0.05) is 16.8 Å². The molecule has 0 spiro atoms. The van der Waals surface area contributed by atoms with Gasteiger partial charge in [0.25, 0.3) is 5.91 Å². The Bertz CT molecular complexity index is 777. The Kier molecular flexibility index (Phi) is 4.83. The van der Waals surface area contributed by atoms with Crippen molar-refractivity contribution < 1.29 is 14.3 Å². The van der Waals surface area contributed by atoms with Crippen molar-refractivity contribution in [3.05, 3.63) is 52.6 Å². The molecule has 0 aromatic heterocycles. The minimum atomic E-state index is -0.133. The van der Waals surface area contributed by atoms with E-state index in [0.29, 0.717) is 17.1 Å². The smallest absolute Gasteiger partial charge is 0.252 e. The highest BCUT2D eigenvalue weighted by molar-refractivity contribution is 5.95. The van der Waals surface area contributed by atoms with Crippen LogP contribution in [0.15, 0.2) is 30.3 Å². The lowest BCUT2D eigenvalue weighted by molar-refractivity contribution is 0.0932. The third-order valence-corrected chi connectivity index (χ3v) is 4.80. The quantitative estimate of drug-likeness (QED) is 0.837. The van der Waals surface area contributed by atoms with Crippen LogP contribution in [0.5, 0.6) is 11.5 Å². The number of aryl methyl sites for hydroxylation is 1. The topological polar surface area (TPSA) is 73.6 Å². The maximum Gasteiger partial charge on any atom is 0.252 e. The minimum absolute atomic E-state index is 0.00450. The fraction of sp³-hybridized carbons (Fsp3) is 0.350. The molecule has 132 valence electrons. The molecule has 2 aromatic carbocycles. The van der Waals surface area contributed by atoms with Crippen molar-refractivity contribution in [3.8, 4) is 11.5 Å². The first-order chi connectivity index (χ1) is 12.0. The van der Waals surface area contributed by atoms with Crippen molar-refractivity contribution in [1.29, 1.82) is 0 Å².